The second-order valence-corrected chi connectivity index (χ2v) is 4.88. The van der Waals surface area contributed by atoms with Gasteiger partial charge < -0.3 is 10.1 Å². The number of carbonyl (C=O) groups excluding carboxylic acids is 1. The molecule has 0 aliphatic heterocycles. The number of rotatable bonds is 2. The highest BCUT2D eigenvalue weighted by atomic mass is 79.9. The van der Waals surface area contributed by atoms with Crippen LogP contribution < -0.4 is 5.32 Å². The molecule has 1 aromatic rings. The summed E-state index contributed by atoms with van der Waals surface area (Å²) in [4.78, 5) is 13.5. The molecular formula is C11H17BrN2O2. The Morgan fingerprint density at radius 2 is 2.06 bits per heavy atom. The van der Waals surface area contributed by atoms with E-state index in [1.807, 2.05) is 33.9 Å². The summed E-state index contributed by atoms with van der Waals surface area (Å²) in [6.45, 7) is 5.92. The summed E-state index contributed by atoms with van der Waals surface area (Å²) in [6, 6.07) is 1.97. The third kappa shape index (κ3) is 8.23. The Hall–Kier alpha value is -1.10. The molecule has 0 atom stereocenters. The number of pyridine rings is 1. The van der Waals surface area contributed by atoms with Crippen LogP contribution in [0.25, 0.3) is 0 Å². The molecule has 0 aromatic carbocycles. The number of hydrogen-bond acceptors (Lipinski definition) is 4. The number of nitrogens with zero attached hydrogens (tertiary/aromatic N) is 1. The van der Waals surface area contributed by atoms with E-state index in [0.29, 0.717) is 6.47 Å². The van der Waals surface area contributed by atoms with Crippen LogP contribution in [0, 0.1) is 0 Å². The molecule has 90 valence electrons. The molecule has 5 heteroatoms. The lowest BCUT2D eigenvalue weighted by atomic mass is 10.2. The van der Waals surface area contributed by atoms with E-state index in [2.05, 4.69) is 31.0 Å². The summed E-state index contributed by atoms with van der Waals surface area (Å²) in [5, 5.41) is 2.98. The van der Waals surface area contributed by atoms with Crippen LogP contribution in [-0.2, 0) is 9.53 Å². The standard InChI is InChI=1S/C6H7BrN2.C5H10O2/c1-8-6-2-5(7)3-9-4-6;1-5(2,3)7-4-6/h2-4,8H,1H3;4H,1-3H3. The van der Waals surface area contributed by atoms with Gasteiger partial charge in [0.15, 0.2) is 0 Å². The molecule has 0 fully saturated rings. The van der Waals surface area contributed by atoms with Crippen LogP contribution in [0.5, 0.6) is 0 Å². The molecule has 0 saturated heterocycles. The van der Waals surface area contributed by atoms with Crippen LogP contribution in [0.3, 0.4) is 0 Å². The van der Waals surface area contributed by atoms with Crippen molar-refractivity contribution in [1.29, 1.82) is 0 Å². The Labute approximate surface area is 105 Å². The van der Waals surface area contributed by atoms with E-state index in [9.17, 15) is 4.79 Å². The highest BCUT2D eigenvalue weighted by Gasteiger charge is 2.07. The van der Waals surface area contributed by atoms with Crippen molar-refractivity contribution in [3.8, 4) is 0 Å². The molecular weight excluding hydrogens is 272 g/mol. The van der Waals surface area contributed by atoms with E-state index in [4.69, 9.17) is 0 Å². The smallest absolute Gasteiger partial charge is 0.293 e. The first-order valence-electron chi connectivity index (χ1n) is 4.79. The Kier molecular flexibility index (Phi) is 6.72. The summed E-state index contributed by atoms with van der Waals surface area (Å²) in [7, 11) is 1.86. The number of anilines is 1. The topological polar surface area (TPSA) is 51.2 Å². The van der Waals surface area contributed by atoms with Crippen LogP contribution >= 0.6 is 15.9 Å². The van der Waals surface area contributed by atoms with Gasteiger partial charge in [0, 0.05) is 17.7 Å². The molecule has 4 nitrogen and oxygen atoms in total. The normalized spacial score (nSPS) is 9.81. The number of halogens is 1. The minimum atomic E-state index is -0.318. The first kappa shape index (κ1) is 14.9. The Balaban J connectivity index is 0.000000293. The molecule has 1 aromatic heterocycles. The van der Waals surface area contributed by atoms with E-state index >= 15 is 0 Å². The van der Waals surface area contributed by atoms with E-state index in [1.165, 1.54) is 0 Å². The van der Waals surface area contributed by atoms with Crippen LogP contribution in [0.4, 0.5) is 5.69 Å². The molecule has 0 aliphatic carbocycles. The fourth-order valence-electron chi connectivity index (χ4n) is 0.693. The average molecular weight is 289 g/mol. The largest absolute Gasteiger partial charge is 0.462 e. The number of hydrogen-bond donors (Lipinski definition) is 1. The summed E-state index contributed by atoms with van der Waals surface area (Å²) < 4.78 is 5.54. The first-order chi connectivity index (χ1) is 7.39. The van der Waals surface area contributed by atoms with E-state index in [0.717, 1.165) is 10.2 Å². The van der Waals surface area contributed by atoms with Gasteiger partial charge in [0.25, 0.3) is 6.47 Å². The molecule has 0 radical (unpaired) electrons. The van der Waals surface area contributed by atoms with Gasteiger partial charge in [-0.2, -0.15) is 0 Å². The molecule has 0 bridgehead atoms. The molecule has 0 spiro atoms. The maximum atomic E-state index is 9.60. The van der Waals surface area contributed by atoms with Crippen molar-refractivity contribution >= 4 is 28.1 Å². The van der Waals surface area contributed by atoms with Gasteiger partial charge >= 0.3 is 0 Å². The predicted octanol–water partition coefficient (Wildman–Crippen LogP) is 2.84. The Morgan fingerprint density at radius 3 is 2.31 bits per heavy atom. The van der Waals surface area contributed by atoms with Gasteiger partial charge in [-0.15, -0.1) is 0 Å². The van der Waals surface area contributed by atoms with Crippen LogP contribution in [-0.4, -0.2) is 24.1 Å². The molecule has 0 saturated carbocycles. The summed E-state index contributed by atoms with van der Waals surface area (Å²) >= 11 is 3.30. The molecule has 1 N–H and O–H groups in total. The zero-order valence-electron chi connectivity index (χ0n) is 9.95. The quantitative estimate of drug-likeness (QED) is 0.851. The van der Waals surface area contributed by atoms with Crippen molar-refractivity contribution in [3.05, 3.63) is 22.9 Å². The lowest BCUT2D eigenvalue weighted by Crippen LogP contribution is -2.17. The second kappa shape index (κ2) is 7.22. The minimum absolute atomic E-state index is 0.318. The van der Waals surface area contributed by atoms with Crippen LogP contribution in [0.1, 0.15) is 20.8 Å². The SMILES string of the molecule is CC(C)(C)OC=O.CNc1cncc(Br)c1. The van der Waals surface area contributed by atoms with Gasteiger partial charge in [-0.05, 0) is 42.8 Å². The zero-order chi connectivity index (χ0) is 12.6. The second-order valence-electron chi connectivity index (χ2n) is 3.97. The maximum absolute atomic E-state index is 9.60. The highest BCUT2D eigenvalue weighted by molar-refractivity contribution is 9.10. The third-order valence-corrected chi connectivity index (χ3v) is 1.83. The molecule has 16 heavy (non-hydrogen) atoms. The van der Waals surface area contributed by atoms with Gasteiger partial charge in [0.2, 0.25) is 0 Å². The molecule has 1 rings (SSSR count). The van der Waals surface area contributed by atoms with E-state index < -0.39 is 0 Å². The monoisotopic (exact) mass is 288 g/mol. The van der Waals surface area contributed by atoms with Crippen LogP contribution in [0.15, 0.2) is 22.9 Å². The number of aromatic nitrogens is 1. The van der Waals surface area contributed by atoms with Crippen molar-refractivity contribution < 1.29 is 9.53 Å². The molecule has 0 unspecified atom stereocenters. The molecule has 1 heterocycles. The summed E-state index contributed by atoms with van der Waals surface area (Å²) in [6.07, 6.45) is 3.52. The number of ether oxygens (including phenoxy) is 1. The average Bonchev–Trinajstić information content (AvgIpc) is 2.17. The minimum Gasteiger partial charge on any atom is -0.462 e. The van der Waals surface area contributed by atoms with E-state index in [-0.39, 0.29) is 5.60 Å². The van der Waals surface area contributed by atoms with Crippen molar-refractivity contribution in [3.63, 3.8) is 0 Å². The van der Waals surface area contributed by atoms with Crippen molar-refractivity contribution in [2.45, 2.75) is 26.4 Å². The van der Waals surface area contributed by atoms with Crippen molar-refractivity contribution in [1.82, 2.24) is 4.98 Å². The molecule has 0 aliphatic rings. The van der Waals surface area contributed by atoms with Gasteiger partial charge in [-0.25, -0.2) is 0 Å². The lowest BCUT2D eigenvalue weighted by Gasteiger charge is -2.14. The summed E-state index contributed by atoms with van der Waals surface area (Å²) in [5.41, 5.74) is 0.700. The van der Waals surface area contributed by atoms with Gasteiger partial charge in [-0.1, -0.05) is 0 Å². The maximum Gasteiger partial charge on any atom is 0.293 e. The predicted molar refractivity (Wildman–Crippen MR) is 68.4 cm³/mol. The highest BCUT2D eigenvalue weighted by Crippen LogP contribution is 2.12. The Morgan fingerprint density at radius 1 is 1.44 bits per heavy atom. The fraction of sp³-hybridized carbons (Fsp3) is 0.455. The third-order valence-electron chi connectivity index (χ3n) is 1.40. The van der Waals surface area contributed by atoms with E-state index in [1.54, 1.807) is 12.4 Å². The number of nitrogens with one attached hydrogen (secondary N) is 1. The van der Waals surface area contributed by atoms with Crippen molar-refractivity contribution in [2.24, 2.45) is 0 Å². The van der Waals surface area contributed by atoms with Crippen LogP contribution in [0.2, 0.25) is 0 Å². The fourth-order valence-corrected chi connectivity index (χ4v) is 1.06. The lowest BCUT2D eigenvalue weighted by molar-refractivity contribution is -0.138. The molecule has 0 amide bonds. The van der Waals surface area contributed by atoms with Gasteiger partial charge in [-0.3, -0.25) is 9.78 Å². The van der Waals surface area contributed by atoms with Gasteiger partial charge in [0.1, 0.15) is 5.60 Å². The zero-order valence-corrected chi connectivity index (χ0v) is 11.5. The number of carbonyl (C=O) groups is 1. The summed E-state index contributed by atoms with van der Waals surface area (Å²) in [5.74, 6) is 0. The van der Waals surface area contributed by atoms with Gasteiger partial charge in [0.05, 0.1) is 11.9 Å². The Bertz CT molecular complexity index is 324. The first-order valence-corrected chi connectivity index (χ1v) is 5.58. The van der Waals surface area contributed by atoms with Crippen molar-refractivity contribution in [2.75, 3.05) is 12.4 Å².